The molecule has 0 aliphatic carbocycles. The van der Waals surface area contributed by atoms with Crippen LogP contribution in [0.3, 0.4) is 0 Å². The summed E-state index contributed by atoms with van der Waals surface area (Å²) in [5, 5.41) is 0. The summed E-state index contributed by atoms with van der Waals surface area (Å²) in [5.41, 5.74) is 8.54. The molecule has 0 saturated carbocycles. The van der Waals surface area contributed by atoms with Gasteiger partial charge in [0.05, 0.1) is 0 Å². The van der Waals surface area contributed by atoms with Crippen LogP contribution in [0, 0.1) is 5.92 Å². The van der Waals surface area contributed by atoms with Crippen molar-refractivity contribution >= 4 is 0 Å². The van der Waals surface area contributed by atoms with Gasteiger partial charge in [-0.3, -0.25) is 0 Å². The third-order valence-corrected chi connectivity index (χ3v) is 5.68. The molecule has 2 aromatic carbocycles. The lowest BCUT2D eigenvalue weighted by Crippen LogP contribution is -2.05. The zero-order valence-corrected chi connectivity index (χ0v) is 17.1. The monoisotopic (exact) mass is 365 g/mol. The molecule has 0 amide bonds. The fourth-order valence-corrected chi connectivity index (χ4v) is 3.93. The molecule has 0 spiro atoms. The van der Waals surface area contributed by atoms with Gasteiger partial charge in [-0.15, -0.1) is 0 Å². The molecule has 0 heterocycles. The van der Waals surface area contributed by atoms with E-state index in [1.807, 2.05) is 0 Å². The van der Waals surface area contributed by atoms with Gasteiger partial charge in [-0.2, -0.15) is 0 Å². The smallest absolute Gasteiger partial charge is 0.00773 e. The molecule has 1 nitrogen and oxygen atoms in total. The SMILES string of the molecule is NCCCCCCCCCC(CCc1ccccc1)CCc1ccccc1. The van der Waals surface area contributed by atoms with Gasteiger partial charge >= 0.3 is 0 Å². The van der Waals surface area contributed by atoms with E-state index in [1.165, 1.54) is 88.2 Å². The zero-order chi connectivity index (χ0) is 19.0. The van der Waals surface area contributed by atoms with Crippen LogP contribution in [-0.2, 0) is 12.8 Å². The van der Waals surface area contributed by atoms with Crippen molar-refractivity contribution in [2.24, 2.45) is 11.7 Å². The molecule has 2 N–H and O–H groups in total. The van der Waals surface area contributed by atoms with Gasteiger partial charge in [0.15, 0.2) is 0 Å². The van der Waals surface area contributed by atoms with Crippen molar-refractivity contribution in [2.45, 2.75) is 77.0 Å². The van der Waals surface area contributed by atoms with E-state index in [0.29, 0.717) is 0 Å². The standard InChI is InChI=1S/C26H39N/c27-23-13-5-3-1-2-4-8-18-26(21-19-24-14-9-6-10-15-24)22-20-25-16-11-7-12-17-25/h6-7,9-12,14-17,26H,1-5,8,13,18-23,27H2. The number of hydrogen-bond donors (Lipinski definition) is 1. The molecule has 0 aliphatic rings. The number of aryl methyl sites for hydroxylation is 2. The van der Waals surface area contributed by atoms with Gasteiger partial charge in [0, 0.05) is 0 Å². The van der Waals surface area contributed by atoms with Crippen LogP contribution in [0.5, 0.6) is 0 Å². The molecule has 27 heavy (non-hydrogen) atoms. The van der Waals surface area contributed by atoms with Gasteiger partial charge in [-0.25, -0.2) is 0 Å². The topological polar surface area (TPSA) is 26.0 Å². The lowest BCUT2D eigenvalue weighted by Gasteiger charge is -2.17. The number of nitrogens with two attached hydrogens (primary N) is 1. The molecule has 0 atom stereocenters. The minimum absolute atomic E-state index is 0.850. The first-order chi connectivity index (χ1) is 13.4. The molecule has 2 rings (SSSR count). The Kier molecular flexibility index (Phi) is 11.6. The summed E-state index contributed by atoms with van der Waals surface area (Å²) in [4.78, 5) is 0. The molecular formula is C26H39N. The molecule has 0 unspecified atom stereocenters. The van der Waals surface area contributed by atoms with Crippen molar-refractivity contribution in [1.82, 2.24) is 0 Å². The minimum atomic E-state index is 0.850. The van der Waals surface area contributed by atoms with E-state index < -0.39 is 0 Å². The second kappa shape index (κ2) is 14.5. The van der Waals surface area contributed by atoms with Gasteiger partial charge in [0.25, 0.3) is 0 Å². The predicted octanol–water partition coefficient (Wildman–Crippen LogP) is 6.95. The van der Waals surface area contributed by atoms with Crippen LogP contribution in [0.2, 0.25) is 0 Å². The normalized spacial score (nSPS) is 11.2. The third-order valence-electron chi connectivity index (χ3n) is 5.68. The molecule has 0 saturated heterocycles. The first-order valence-corrected chi connectivity index (χ1v) is 11.2. The Bertz CT molecular complexity index is 520. The van der Waals surface area contributed by atoms with Crippen LogP contribution >= 0.6 is 0 Å². The average Bonchev–Trinajstić information content (AvgIpc) is 2.73. The second-order valence-electron chi connectivity index (χ2n) is 7.97. The van der Waals surface area contributed by atoms with E-state index in [0.717, 1.165) is 12.5 Å². The number of benzene rings is 2. The van der Waals surface area contributed by atoms with Crippen LogP contribution in [0.15, 0.2) is 60.7 Å². The van der Waals surface area contributed by atoms with Gasteiger partial charge in [0.2, 0.25) is 0 Å². The largest absolute Gasteiger partial charge is 0.330 e. The summed E-state index contributed by atoms with van der Waals surface area (Å²) in [5.74, 6) is 0.850. The summed E-state index contributed by atoms with van der Waals surface area (Å²) < 4.78 is 0. The summed E-state index contributed by atoms with van der Waals surface area (Å²) in [6.07, 6.45) is 15.9. The summed E-state index contributed by atoms with van der Waals surface area (Å²) in [7, 11) is 0. The molecule has 0 bridgehead atoms. The fourth-order valence-electron chi connectivity index (χ4n) is 3.93. The fraction of sp³-hybridized carbons (Fsp3) is 0.538. The minimum Gasteiger partial charge on any atom is -0.330 e. The Balaban J connectivity index is 1.69. The Morgan fingerprint density at radius 2 is 0.963 bits per heavy atom. The molecular weight excluding hydrogens is 326 g/mol. The maximum absolute atomic E-state index is 5.57. The van der Waals surface area contributed by atoms with Gasteiger partial charge in [-0.1, -0.05) is 106 Å². The number of unbranched alkanes of at least 4 members (excludes halogenated alkanes) is 6. The van der Waals surface area contributed by atoms with Crippen molar-refractivity contribution in [3.8, 4) is 0 Å². The van der Waals surface area contributed by atoms with E-state index in [4.69, 9.17) is 5.73 Å². The van der Waals surface area contributed by atoms with Crippen LogP contribution < -0.4 is 5.73 Å². The Morgan fingerprint density at radius 3 is 1.44 bits per heavy atom. The van der Waals surface area contributed by atoms with Crippen LogP contribution in [0.1, 0.15) is 75.3 Å². The van der Waals surface area contributed by atoms with Gasteiger partial charge in [-0.05, 0) is 55.7 Å². The van der Waals surface area contributed by atoms with Gasteiger partial charge < -0.3 is 5.73 Å². The summed E-state index contributed by atoms with van der Waals surface area (Å²) >= 11 is 0. The average molecular weight is 366 g/mol. The number of hydrogen-bond acceptors (Lipinski definition) is 1. The molecule has 2 aromatic rings. The highest BCUT2D eigenvalue weighted by Gasteiger charge is 2.10. The molecule has 1 heteroatoms. The van der Waals surface area contributed by atoms with Crippen molar-refractivity contribution in [1.29, 1.82) is 0 Å². The van der Waals surface area contributed by atoms with E-state index in [-0.39, 0.29) is 0 Å². The highest BCUT2D eigenvalue weighted by molar-refractivity contribution is 5.15. The van der Waals surface area contributed by atoms with Crippen LogP contribution in [-0.4, -0.2) is 6.54 Å². The Hall–Kier alpha value is -1.60. The van der Waals surface area contributed by atoms with E-state index >= 15 is 0 Å². The highest BCUT2D eigenvalue weighted by Crippen LogP contribution is 2.23. The van der Waals surface area contributed by atoms with Crippen molar-refractivity contribution in [2.75, 3.05) is 6.54 Å². The molecule has 0 aromatic heterocycles. The zero-order valence-electron chi connectivity index (χ0n) is 17.1. The molecule has 0 radical (unpaired) electrons. The Morgan fingerprint density at radius 1 is 0.519 bits per heavy atom. The highest BCUT2D eigenvalue weighted by atomic mass is 14.5. The Labute approximate surface area is 167 Å². The molecule has 0 aliphatic heterocycles. The third kappa shape index (κ3) is 10.3. The summed E-state index contributed by atoms with van der Waals surface area (Å²) in [6.45, 7) is 0.852. The summed E-state index contributed by atoms with van der Waals surface area (Å²) in [6, 6.07) is 22.0. The first-order valence-electron chi connectivity index (χ1n) is 11.2. The van der Waals surface area contributed by atoms with Crippen LogP contribution in [0.25, 0.3) is 0 Å². The lowest BCUT2D eigenvalue weighted by molar-refractivity contribution is 0.398. The second-order valence-corrected chi connectivity index (χ2v) is 7.97. The van der Waals surface area contributed by atoms with Gasteiger partial charge in [0.1, 0.15) is 0 Å². The van der Waals surface area contributed by atoms with Crippen molar-refractivity contribution in [3.63, 3.8) is 0 Å². The van der Waals surface area contributed by atoms with E-state index in [1.54, 1.807) is 0 Å². The lowest BCUT2D eigenvalue weighted by atomic mass is 9.88. The quantitative estimate of drug-likeness (QED) is 0.340. The molecule has 0 fully saturated rings. The number of rotatable bonds is 15. The molecule has 148 valence electrons. The van der Waals surface area contributed by atoms with Crippen molar-refractivity contribution in [3.05, 3.63) is 71.8 Å². The predicted molar refractivity (Wildman–Crippen MR) is 119 cm³/mol. The first kappa shape index (κ1) is 21.7. The van der Waals surface area contributed by atoms with Crippen LogP contribution in [0.4, 0.5) is 0 Å². The van der Waals surface area contributed by atoms with Crippen molar-refractivity contribution < 1.29 is 0 Å². The maximum atomic E-state index is 5.57. The maximum Gasteiger partial charge on any atom is -0.00773 e. The van der Waals surface area contributed by atoms with E-state index in [9.17, 15) is 0 Å². The van der Waals surface area contributed by atoms with E-state index in [2.05, 4.69) is 60.7 Å².